The normalized spacial score (nSPS) is 19.6. The Hall–Kier alpha value is -2.40. The number of amides is 1. The lowest BCUT2D eigenvalue weighted by atomic mass is 9.95. The van der Waals surface area contributed by atoms with Crippen molar-refractivity contribution >= 4 is 5.91 Å². The van der Waals surface area contributed by atoms with Crippen LogP contribution in [0, 0.1) is 5.92 Å². The zero-order valence-electron chi connectivity index (χ0n) is 14.5. The van der Waals surface area contributed by atoms with E-state index in [-0.39, 0.29) is 11.9 Å². The third kappa shape index (κ3) is 5.03. The summed E-state index contributed by atoms with van der Waals surface area (Å²) in [6, 6.07) is 11.7. The molecular weight excluding hydrogens is 316 g/mol. The van der Waals surface area contributed by atoms with E-state index in [0.29, 0.717) is 32.2 Å². The van der Waals surface area contributed by atoms with Gasteiger partial charge in [-0.2, -0.15) is 0 Å². The fourth-order valence-electron chi connectivity index (χ4n) is 3.09. The molecule has 25 heavy (non-hydrogen) atoms. The van der Waals surface area contributed by atoms with Crippen molar-refractivity contribution in [3.8, 4) is 5.75 Å². The Morgan fingerprint density at radius 2 is 1.92 bits per heavy atom. The molecule has 1 aliphatic heterocycles. The third-order valence-corrected chi connectivity index (χ3v) is 4.39. The molecule has 1 amide bonds. The predicted octanol–water partition coefficient (Wildman–Crippen LogP) is 2.40. The van der Waals surface area contributed by atoms with Gasteiger partial charge in [0, 0.05) is 18.3 Å². The van der Waals surface area contributed by atoms with Gasteiger partial charge in [0.1, 0.15) is 5.75 Å². The monoisotopic (exact) mass is 340 g/mol. The molecule has 3 rings (SSSR count). The van der Waals surface area contributed by atoms with E-state index in [2.05, 4.69) is 10.3 Å². The zero-order valence-corrected chi connectivity index (χ0v) is 14.5. The minimum absolute atomic E-state index is 0.0272. The molecule has 5 heteroatoms. The summed E-state index contributed by atoms with van der Waals surface area (Å²) in [5, 5.41) is 3.13. The van der Waals surface area contributed by atoms with Gasteiger partial charge in [-0.15, -0.1) is 0 Å². The predicted molar refractivity (Wildman–Crippen MR) is 95.5 cm³/mol. The standard InChI is InChI=1S/C20H24N2O3/c1-2-25-18-5-3-15(4-6-18)12-20(23)22-19-14-24-13-17(19)11-16-7-9-21-10-8-16/h3-10,17,19H,2,11-14H2,1H3,(H,22,23)/t17-,19-/m1/s1. The second-order valence-electron chi connectivity index (χ2n) is 6.28. The second kappa shape index (κ2) is 8.62. The lowest BCUT2D eigenvalue weighted by Gasteiger charge is -2.19. The maximum absolute atomic E-state index is 12.4. The van der Waals surface area contributed by atoms with E-state index in [1.165, 1.54) is 5.56 Å². The Morgan fingerprint density at radius 1 is 1.16 bits per heavy atom. The van der Waals surface area contributed by atoms with Crippen LogP contribution in [0.4, 0.5) is 0 Å². The van der Waals surface area contributed by atoms with Gasteiger partial charge in [-0.25, -0.2) is 0 Å². The Labute approximate surface area is 148 Å². The van der Waals surface area contributed by atoms with Crippen LogP contribution in [0.25, 0.3) is 0 Å². The van der Waals surface area contributed by atoms with Crippen LogP contribution in [0.1, 0.15) is 18.1 Å². The second-order valence-corrected chi connectivity index (χ2v) is 6.28. The quantitative estimate of drug-likeness (QED) is 0.841. The summed E-state index contributed by atoms with van der Waals surface area (Å²) in [6.07, 6.45) is 4.84. The molecule has 0 bridgehead atoms. The molecule has 2 heterocycles. The van der Waals surface area contributed by atoms with Gasteiger partial charge in [0.05, 0.1) is 32.3 Å². The SMILES string of the molecule is CCOc1ccc(CC(=O)N[C@@H]2COC[C@H]2Cc2ccncc2)cc1. The van der Waals surface area contributed by atoms with Crippen LogP contribution < -0.4 is 10.1 Å². The first-order chi connectivity index (χ1) is 12.2. The number of carbonyl (C=O) groups excluding carboxylic acids is 1. The van der Waals surface area contributed by atoms with Gasteiger partial charge in [0.25, 0.3) is 0 Å². The number of ether oxygens (including phenoxy) is 2. The first kappa shape index (κ1) is 17.4. The topological polar surface area (TPSA) is 60.5 Å². The van der Waals surface area contributed by atoms with E-state index < -0.39 is 0 Å². The van der Waals surface area contributed by atoms with Gasteiger partial charge >= 0.3 is 0 Å². The number of nitrogens with zero attached hydrogens (tertiary/aromatic N) is 1. The van der Waals surface area contributed by atoms with Crippen LogP contribution in [0.3, 0.4) is 0 Å². The number of carbonyl (C=O) groups is 1. The molecule has 2 aromatic rings. The van der Waals surface area contributed by atoms with E-state index in [1.54, 1.807) is 12.4 Å². The van der Waals surface area contributed by atoms with Gasteiger partial charge in [0.15, 0.2) is 0 Å². The first-order valence-corrected chi connectivity index (χ1v) is 8.72. The van der Waals surface area contributed by atoms with Gasteiger partial charge in [-0.3, -0.25) is 9.78 Å². The van der Waals surface area contributed by atoms with Crippen molar-refractivity contribution in [3.63, 3.8) is 0 Å². The summed E-state index contributed by atoms with van der Waals surface area (Å²) in [4.78, 5) is 16.4. The fraction of sp³-hybridized carbons (Fsp3) is 0.400. The fourth-order valence-corrected chi connectivity index (χ4v) is 3.09. The highest BCUT2D eigenvalue weighted by molar-refractivity contribution is 5.79. The molecule has 0 saturated carbocycles. The molecule has 0 radical (unpaired) electrons. The highest BCUT2D eigenvalue weighted by Crippen LogP contribution is 2.19. The summed E-state index contributed by atoms with van der Waals surface area (Å²) in [6.45, 7) is 3.84. The largest absolute Gasteiger partial charge is 0.494 e. The van der Waals surface area contributed by atoms with Crippen molar-refractivity contribution in [2.75, 3.05) is 19.8 Å². The summed E-state index contributed by atoms with van der Waals surface area (Å²) in [5.41, 5.74) is 2.20. The van der Waals surface area contributed by atoms with E-state index in [1.807, 2.05) is 43.3 Å². The Morgan fingerprint density at radius 3 is 2.64 bits per heavy atom. The van der Waals surface area contributed by atoms with Crippen LogP contribution in [0.5, 0.6) is 5.75 Å². The van der Waals surface area contributed by atoms with Crippen molar-refractivity contribution in [2.45, 2.75) is 25.8 Å². The highest BCUT2D eigenvalue weighted by Gasteiger charge is 2.29. The van der Waals surface area contributed by atoms with Crippen molar-refractivity contribution in [1.29, 1.82) is 0 Å². The van der Waals surface area contributed by atoms with Crippen LogP contribution in [-0.4, -0.2) is 36.8 Å². The van der Waals surface area contributed by atoms with Gasteiger partial charge in [-0.1, -0.05) is 12.1 Å². The van der Waals surface area contributed by atoms with E-state index in [9.17, 15) is 4.79 Å². The number of hydrogen-bond donors (Lipinski definition) is 1. The average molecular weight is 340 g/mol. The van der Waals surface area contributed by atoms with Gasteiger partial charge in [-0.05, 0) is 48.7 Å². The van der Waals surface area contributed by atoms with Gasteiger partial charge in [0.2, 0.25) is 5.91 Å². The summed E-state index contributed by atoms with van der Waals surface area (Å²) >= 11 is 0. The summed E-state index contributed by atoms with van der Waals surface area (Å²) in [5.74, 6) is 1.15. The molecule has 1 N–H and O–H groups in total. The van der Waals surface area contributed by atoms with Crippen molar-refractivity contribution < 1.29 is 14.3 Å². The smallest absolute Gasteiger partial charge is 0.224 e. The van der Waals surface area contributed by atoms with E-state index in [0.717, 1.165) is 17.7 Å². The number of hydrogen-bond acceptors (Lipinski definition) is 4. The van der Waals surface area contributed by atoms with Crippen LogP contribution in [0.15, 0.2) is 48.8 Å². The molecular formula is C20H24N2O3. The number of nitrogens with one attached hydrogen (secondary N) is 1. The van der Waals surface area contributed by atoms with Crippen molar-refractivity contribution in [3.05, 3.63) is 59.9 Å². The minimum atomic E-state index is 0.0272. The average Bonchev–Trinajstić information content (AvgIpc) is 3.04. The third-order valence-electron chi connectivity index (χ3n) is 4.39. The maximum Gasteiger partial charge on any atom is 0.224 e. The molecule has 1 saturated heterocycles. The first-order valence-electron chi connectivity index (χ1n) is 8.72. The highest BCUT2D eigenvalue weighted by atomic mass is 16.5. The van der Waals surface area contributed by atoms with Crippen molar-refractivity contribution in [2.24, 2.45) is 5.92 Å². The molecule has 0 spiro atoms. The van der Waals surface area contributed by atoms with E-state index >= 15 is 0 Å². The molecule has 1 aliphatic rings. The Kier molecular flexibility index (Phi) is 6.01. The number of aromatic nitrogens is 1. The van der Waals surface area contributed by atoms with Crippen molar-refractivity contribution in [1.82, 2.24) is 10.3 Å². The molecule has 2 atom stereocenters. The van der Waals surface area contributed by atoms with Crippen LogP contribution >= 0.6 is 0 Å². The van der Waals surface area contributed by atoms with E-state index in [4.69, 9.17) is 9.47 Å². The lowest BCUT2D eigenvalue weighted by Crippen LogP contribution is -2.41. The van der Waals surface area contributed by atoms with Gasteiger partial charge < -0.3 is 14.8 Å². The minimum Gasteiger partial charge on any atom is -0.494 e. The molecule has 1 aromatic heterocycles. The molecule has 132 valence electrons. The molecule has 1 fully saturated rings. The molecule has 0 aliphatic carbocycles. The molecule has 0 unspecified atom stereocenters. The van der Waals surface area contributed by atoms with Crippen LogP contribution in [-0.2, 0) is 22.4 Å². The summed E-state index contributed by atoms with van der Waals surface area (Å²) < 4.78 is 11.0. The zero-order chi connectivity index (χ0) is 17.5. The Bertz CT molecular complexity index is 673. The molecule has 5 nitrogen and oxygen atoms in total. The lowest BCUT2D eigenvalue weighted by molar-refractivity contribution is -0.121. The summed E-state index contributed by atoms with van der Waals surface area (Å²) in [7, 11) is 0. The number of rotatable bonds is 7. The maximum atomic E-state index is 12.4. The Balaban J connectivity index is 1.52. The number of benzene rings is 1. The molecule has 1 aromatic carbocycles. The number of pyridine rings is 1. The van der Waals surface area contributed by atoms with Crippen LogP contribution in [0.2, 0.25) is 0 Å².